The van der Waals surface area contributed by atoms with Gasteiger partial charge in [0.2, 0.25) is 5.91 Å². The van der Waals surface area contributed by atoms with Crippen LogP contribution >= 0.6 is 0 Å². The van der Waals surface area contributed by atoms with Crippen LogP contribution in [0, 0.1) is 0 Å². The Morgan fingerprint density at radius 3 is 2.42 bits per heavy atom. The van der Waals surface area contributed by atoms with E-state index < -0.39 is 9.84 Å². The predicted octanol–water partition coefficient (Wildman–Crippen LogP) is 2.48. The van der Waals surface area contributed by atoms with Crippen LogP contribution in [0.1, 0.15) is 12.8 Å². The number of methoxy groups -OCH3 is 1. The molecular formula is C18H22N2O5S. The number of benzene rings is 2. The van der Waals surface area contributed by atoms with Crippen molar-refractivity contribution in [1.82, 2.24) is 0 Å². The van der Waals surface area contributed by atoms with Crippen molar-refractivity contribution < 1.29 is 22.7 Å². The maximum Gasteiger partial charge on any atom is 0.224 e. The number of carbonyl (C=O) groups excluding carboxylic acids is 1. The van der Waals surface area contributed by atoms with Crippen LogP contribution in [-0.2, 0) is 14.6 Å². The summed E-state index contributed by atoms with van der Waals surface area (Å²) in [6.45, 7) is 0.344. The molecule has 7 nitrogen and oxygen atoms in total. The van der Waals surface area contributed by atoms with Gasteiger partial charge in [-0.15, -0.1) is 0 Å². The second kappa shape index (κ2) is 8.57. The van der Waals surface area contributed by atoms with Crippen molar-refractivity contribution in [2.24, 2.45) is 0 Å². The van der Waals surface area contributed by atoms with Gasteiger partial charge in [-0.25, -0.2) is 8.42 Å². The summed E-state index contributed by atoms with van der Waals surface area (Å²) >= 11 is 0. The van der Waals surface area contributed by atoms with E-state index in [4.69, 9.17) is 15.2 Å². The van der Waals surface area contributed by atoms with Crippen LogP contribution in [0.4, 0.5) is 11.4 Å². The number of rotatable bonds is 8. The molecule has 0 aliphatic carbocycles. The van der Waals surface area contributed by atoms with E-state index in [0.717, 1.165) is 6.26 Å². The highest BCUT2D eigenvalue weighted by molar-refractivity contribution is 7.90. The lowest BCUT2D eigenvalue weighted by Gasteiger charge is -2.09. The number of hydrogen-bond donors (Lipinski definition) is 2. The average molecular weight is 378 g/mol. The molecule has 0 radical (unpaired) electrons. The second-order valence-corrected chi connectivity index (χ2v) is 7.72. The molecule has 1 amide bonds. The highest BCUT2D eigenvalue weighted by atomic mass is 32.2. The molecule has 0 unspecified atom stereocenters. The van der Waals surface area contributed by atoms with Crippen molar-refractivity contribution in [2.45, 2.75) is 17.7 Å². The van der Waals surface area contributed by atoms with Gasteiger partial charge in [0.05, 0.1) is 24.3 Å². The van der Waals surface area contributed by atoms with Crippen molar-refractivity contribution in [3.05, 3.63) is 42.5 Å². The summed E-state index contributed by atoms with van der Waals surface area (Å²) in [6.07, 6.45) is 1.95. The van der Waals surface area contributed by atoms with Crippen molar-refractivity contribution in [3.63, 3.8) is 0 Å². The Morgan fingerprint density at radius 2 is 1.85 bits per heavy atom. The van der Waals surface area contributed by atoms with E-state index in [-0.39, 0.29) is 17.2 Å². The molecule has 0 atom stereocenters. The minimum absolute atomic E-state index is 0.148. The van der Waals surface area contributed by atoms with Gasteiger partial charge >= 0.3 is 0 Å². The van der Waals surface area contributed by atoms with E-state index >= 15 is 0 Å². The minimum atomic E-state index is -3.22. The zero-order chi connectivity index (χ0) is 19.2. The Morgan fingerprint density at radius 1 is 1.15 bits per heavy atom. The molecule has 0 bridgehead atoms. The highest BCUT2D eigenvalue weighted by Gasteiger charge is 2.07. The van der Waals surface area contributed by atoms with E-state index in [9.17, 15) is 13.2 Å². The second-order valence-electron chi connectivity index (χ2n) is 5.70. The molecule has 0 spiro atoms. The van der Waals surface area contributed by atoms with Crippen LogP contribution in [0.5, 0.6) is 11.5 Å². The largest absolute Gasteiger partial charge is 0.495 e. The van der Waals surface area contributed by atoms with Gasteiger partial charge in [-0.3, -0.25) is 4.79 Å². The molecule has 0 saturated carbocycles. The molecule has 2 rings (SSSR count). The fourth-order valence-corrected chi connectivity index (χ4v) is 2.87. The van der Waals surface area contributed by atoms with E-state index in [1.807, 2.05) is 0 Å². The number of nitrogen functional groups attached to an aromatic ring is 1. The van der Waals surface area contributed by atoms with Crippen molar-refractivity contribution >= 4 is 27.1 Å². The minimum Gasteiger partial charge on any atom is -0.495 e. The van der Waals surface area contributed by atoms with E-state index in [2.05, 4.69) is 5.32 Å². The Labute approximate surface area is 153 Å². The van der Waals surface area contributed by atoms with Crippen molar-refractivity contribution in [3.8, 4) is 11.5 Å². The van der Waals surface area contributed by atoms with Crippen LogP contribution in [0.15, 0.2) is 47.4 Å². The molecule has 140 valence electrons. The number of sulfone groups is 1. The molecule has 2 aromatic carbocycles. The molecule has 3 N–H and O–H groups in total. The van der Waals surface area contributed by atoms with Gasteiger partial charge in [0.1, 0.15) is 11.5 Å². The van der Waals surface area contributed by atoms with E-state index in [1.54, 1.807) is 30.3 Å². The summed E-state index contributed by atoms with van der Waals surface area (Å²) in [5.41, 5.74) is 6.85. The maximum absolute atomic E-state index is 11.9. The number of carbonyl (C=O) groups is 1. The zero-order valence-corrected chi connectivity index (χ0v) is 15.5. The summed E-state index contributed by atoms with van der Waals surface area (Å²) < 4.78 is 33.3. The summed E-state index contributed by atoms with van der Waals surface area (Å²) in [6, 6.07) is 11.2. The summed E-state index contributed by atoms with van der Waals surface area (Å²) in [7, 11) is -1.69. The highest BCUT2D eigenvalue weighted by Crippen LogP contribution is 2.24. The third kappa shape index (κ3) is 5.66. The zero-order valence-electron chi connectivity index (χ0n) is 14.7. The van der Waals surface area contributed by atoms with Crippen LogP contribution in [0.25, 0.3) is 0 Å². The topological polar surface area (TPSA) is 108 Å². The monoisotopic (exact) mass is 378 g/mol. The number of nitrogens with one attached hydrogen (secondary N) is 1. The van der Waals surface area contributed by atoms with Crippen LogP contribution in [0.3, 0.4) is 0 Å². The van der Waals surface area contributed by atoms with Gasteiger partial charge in [-0.05, 0) is 48.9 Å². The van der Waals surface area contributed by atoms with Crippen molar-refractivity contribution in [2.75, 3.05) is 31.0 Å². The van der Waals surface area contributed by atoms with Crippen LogP contribution < -0.4 is 20.5 Å². The van der Waals surface area contributed by atoms with Crippen molar-refractivity contribution in [1.29, 1.82) is 0 Å². The molecular weight excluding hydrogens is 356 g/mol. The Balaban J connectivity index is 1.75. The first kappa shape index (κ1) is 19.6. The molecule has 0 saturated heterocycles. The Hall–Kier alpha value is -2.74. The maximum atomic E-state index is 11.9. The standard InChI is InChI=1S/C18H22N2O5S/c1-24-17-10-5-13(12-16(17)19)20-18(21)4-3-11-25-14-6-8-15(9-7-14)26(2,22)23/h5-10,12H,3-4,11,19H2,1-2H3,(H,20,21). The van der Waals surface area contributed by atoms with Crippen LogP contribution in [-0.4, -0.2) is 34.3 Å². The van der Waals surface area contributed by atoms with Gasteiger partial charge in [-0.2, -0.15) is 0 Å². The van der Waals surface area contributed by atoms with E-state index in [1.165, 1.54) is 19.2 Å². The fourth-order valence-electron chi connectivity index (χ4n) is 2.24. The quantitative estimate of drug-likeness (QED) is 0.540. The molecule has 0 aliphatic rings. The molecule has 0 heterocycles. The smallest absolute Gasteiger partial charge is 0.224 e. The lowest BCUT2D eigenvalue weighted by atomic mass is 10.2. The number of nitrogens with two attached hydrogens (primary N) is 1. The van der Waals surface area contributed by atoms with Gasteiger partial charge in [-0.1, -0.05) is 0 Å². The molecule has 8 heteroatoms. The van der Waals surface area contributed by atoms with Gasteiger partial charge in [0, 0.05) is 18.4 Å². The third-order valence-corrected chi connectivity index (χ3v) is 4.71. The number of anilines is 2. The first-order valence-electron chi connectivity index (χ1n) is 7.96. The normalized spacial score (nSPS) is 11.0. The molecule has 26 heavy (non-hydrogen) atoms. The molecule has 0 aliphatic heterocycles. The summed E-state index contributed by atoms with van der Waals surface area (Å²) in [5, 5.41) is 2.76. The fraction of sp³-hybridized carbons (Fsp3) is 0.278. The van der Waals surface area contributed by atoms with Gasteiger partial charge in [0.25, 0.3) is 0 Å². The van der Waals surface area contributed by atoms with Gasteiger partial charge < -0.3 is 20.5 Å². The number of ether oxygens (including phenoxy) is 2. The molecule has 2 aromatic rings. The number of amides is 1. The lowest BCUT2D eigenvalue weighted by Crippen LogP contribution is -2.13. The summed E-state index contributed by atoms with van der Waals surface area (Å²) in [5.74, 6) is 0.963. The first-order chi connectivity index (χ1) is 12.3. The predicted molar refractivity (Wildman–Crippen MR) is 100 cm³/mol. The Bertz CT molecular complexity index is 864. The molecule has 0 aromatic heterocycles. The molecule has 0 fully saturated rings. The first-order valence-corrected chi connectivity index (χ1v) is 9.85. The van der Waals surface area contributed by atoms with Crippen LogP contribution in [0.2, 0.25) is 0 Å². The number of hydrogen-bond acceptors (Lipinski definition) is 6. The van der Waals surface area contributed by atoms with E-state index in [0.29, 0.717) is 35.9 Å². The van der Waals surface area contributed by atoms with Gasteiger partial charge in [0.15, 0.2) is 9.84 Å². The Kier molecular flexibility index (Phi) is 6.46. The lowest BCUT2D eigenvalue weighted by molar-refractivity contribution is -0.116. The third-order valence-electron chi connectivity index (χ3n) is 3.58. The summed E-state index contributed by atoms with van der Waals surface area (Å²) in [4.78, 5) is 12.2. The average Bonchev–Trinajstić information content (AvgIpc) is 2.58. The SMILES string of the molecule is COc1ccc(NC(=O)CCCOc2ccc(S(C)(=O)=O)cc2)cc1N.